The van der Waals surface area contributed by atoms with Crippen LogP contribution in [0.2, 0.25) is 5.02 Å². The first-order valence-corrected chi connectivity index (χ1v) is 16.3. The second-order valence-corrected chi connectivity index (χ2v) is 13.3. The van der Waals surface area contributed by atoms with Crippen LogP contribution in [0.25, 0.3) is 0 Å². The lowest BCUT2D eigenvalue weighted by atomic mass is 9.76. The molecule has 2 aromatic rings. The summed E-state index contributed by atoms with van der Waals surface area (Å²) in [6.45, 7) is 5.26. The molecule has 0 spiro atoms. The summed E-state index contributed by atoms with van der Waals surface area (Å²) in [6, 6.07) is 4.62. The van der Waals surface area contributed by atoms with E-state index in [2.05, 4.69) is 27.1 Å². The highest BCUT2D eigenvalue weighted by molar-refractivity contribution is 6.30. The summed E-state index contributed by atoms with van der Waals surface area (Å²) in [7, 11) is 0. The smallest absolute Gasteiger partial charge is 0.227 e. The zero-order valence-electron chi connectivity index (χ0n) is 26.3. The van der Waals surface area contributed by atoms with Crippen LogP contribution >= 0.6 is 11.6 Å². The highest BCUT2D eigenvalue weighted by Gasteiger charge is 2.33. The van der Waals surface area contributed by atoms with Crippen molar-refractivity contribution < 1.29 is 39.5 Å². The number of carbonyl (C=O) groups excluding carboxylic acids is 1. The average Bonchev–Trinajstić information content (AvgIpc) is 3.02. The number of benzene rings is 1. The summed E-state index contributed by atoms with van der Waals surface area (Å²) in [6.07, 6.45) is 2.06. The van der Waals surface area contributed by atoms with E-state index >= 15 is 0 Å². The predicted molar refractivity (Wildman–Crippen MR) is 170 cm³/mol. The standard InChI is InChI=1S/C32H47ClFN5O7/c1-32(7-9-38(10-8-32)31-36-15-23(33)16-37-31)6-2-3-11-46-24-5-4-22(25(34)13-24)12-28(43)39-18-21(19-39)14-35-17-26(41)29(44)30(45)27(42)20-40/h4-5,13,15-16,21,26-27,29-30,35,40-42,44-45H,2-3,6-12,14,17-20H2,1H3/t26-,27+,29+,30+/m0/s1. The number of hydrogen-bond acceptors (Lipinski definition) is 11. The van der Waals surface area contributed by atoms with Crippen molar-refractivity contribution in [2.24, 2.45) is 11.3 Å². The SMILES string of the molecule is CC1(CCCCOc2ccc(CC(=O)N3CC(CNC[C@H](O)[C@@H](O)[C@H](O)[C@H](O)CO)C3)c(F)c2)CCN(c2ncc(Cl)cn2)CC1. The van der Waals surface area contributed by atoms with E-state index in [1.54, 1.807) is 29.4 Å². The Labute approximate surface area is 274 Å². The van der Waals surface area contributed by atoms with Crippen LogP contribution in [0.15, 0.2) is 30.6 Å². The number of aliphatic hydroxyl groups excluding tert-OH is 5. The van der Waals surface area contributed by atoms with E-state index in [4.69, 9.17) is 21.4 Å². The maximum atomic E-state index is 14.8. The molecule has 1 aromatic carbocycles. The summed E-state index contributed by atoms with van der Waals surface area (Å²) in [5.74, 6) is 0.628. The Morgan fingerprint density at radius 3 is 2.43 bits per heavy atom. The van der Waals surface area contributed by atoms with Crippen LogP contribution in [0.3, 0.4) is 0 Å². The Morgan fingerprint density at radius 1 is 1.11 bits per heavy atom. The van der Waals surface area contributed by atoms with Crippen molar-refractivity contribution in [1.82, 2.24) is 20.2 Å². The van der Waals surface area contributed by atoms with Crippen LogP contribution in [0, 0.1) is 17.2 Å². The van der Waals surface area contributed by atoms with E-state index in [1.165, 1.54) is 6.07 Å². The van der Waals surface area contributed by atoms with Crippen LogP contribution < -0.4 is 15.0 Å². The number of aliphatic hydroxyl groups is 5. The van der Waals surface area contributed by atoms with E-state index in [-0.39, 0.29) is 30.2 Å². The molecule has 3 heterocycles. The molecule has 2 aliphatic heterocycles. The fraction of sp³-hybridized carbons (Fsp3) is 0.656. The minimum Gasteiger partial charge on any atom is -0.493 e. The number of carbonyl (C=O) groups is 1. The van der Waals surface area contributed by atoms with Crippen molar-refractivity contribution in [3.05, 3.63) is 47.0 Å². The van der Waals surface area contributed by atoms with Gasteiger partial charge >= 0.3 is 0 Å². The molecule has 256 valence electrons. The number of hydrogen-bond donors (Lipinski definition) is 6. The van der Waals surface area contributed by atoms with Gasteiger partial charge in [-0.1, -0.05) is 24.6 Å². The number of unbranched alkanes of at least 4 members (excludes halogenated alkanes) is 1. The largest absolute Gasteiger partial charge is 0.493 e. The lowest BCUT2D eigenvalue weighted by Crippen LogP contribution is -2.55. The van der Waals surface area contributed by atoms with Gasteiger partial charge < -0.3 is 45.4 Å². The minimum atomic E-state index is -1.67. The van der Waals surface area contributed by atoms with Gasteiger partial charge in [0.2, 0.25) is 11.9 Å². The Hall–Kier alpha value is -2.65. The number of aromatic nitrogens is 2. The summed E-state index contributed by atoms with van der Waals surface area (Å²) in [4.78, 5) is 25.1. The first-order valence-electron chi connectivity index (χ1n) is 15.9. The fourth-order valence-corrected chi connectivity index (χ4v) is 5.96. The van der Waals surface area contributed by atoms with Gasteiger partial charge in [0.05, 0.1) is 43.2 Å². The van der Waals surface area contributed by atoms with Crippen LogP contribution in [0.5, 0.6) is 5.75 Å². The summed E-state index contributed by atoms with van der Waals surface area (Å²) >= 11 is 5.90. The highest BCUT2D eigenvalue weighted by Crippen LogP contribution is 2.36. The number of likely N-dealkylation sites (tertiary alicyclic amines) is 1. The summed E-state index contributed by atoms with van der Waals surface area (Å²) < 4.78 is 20.6. The molecular weight excluding hydrogens is 621 g/mol. The van der Waals surface area contributed by atoms with Crippen LogP contribution in [-0.4, -0.2) is 123 Å². The number of nitrogens with one attached hydrogen (secondary N) is 1. The van der Waals surface area contributed by atoms with Crippen LogP contribution in [0.1, 0.15) is 44.6 Å². The van der Waals surface area contributed by atoms with Gasteiger partial charge in [-0.15, -0.1) is 0 Å². The number of piperidine rings is 1. The van der Waals surface area contributed by atoms with Gasteiger partial charge in [-0.25, -0.2) is 14.4 Å². The van der Waals surface area contributed by atoms with Crippen LogP contribution in [-0.2, 0) is 11.2 Å². The number of halogens is 2. The maximum absolute atomic E-state index is 14.8. The van der Waals surface area contributed by atoms with E-state index in [1.807, 2.05) is 0 Å². The molecule has 4 rings (SSSR count). The number of anilines is 1. The first-order chi connectivity index (χ1) is 22.0. The lowest BCUT2D eigenvalue weighted by molar-refractivity contribution is -0.136. The number of amides is 1. The molecule has 1 amide bonds. The Bertz CT molecular complexity index is 1250. The van der Waals surface area contributed by atoms with Gasteiger partial charge in [-0.3, -0.25) is 4.79 Å². The summed E-state index contributed by atoms with van der Waals surface area (Å²) in [5.41, 5.74) is 0.557. The van der Waals surface area contributed by atoms with Gasteiger partial charge in [-0.2, -0.15) is 0 Å². The third-order valence-corrected chi connectivity index (χ3v) is 9.29. The highest BCUT2D eigenvalue weighted by atomic mass is 35.5. The minimum absolute atomic E-state index is 0.0410. The van der Waals surface area contributed by atoms with Crippen molar-refractivity contribution in [1.29, 1.82) is 0 Å². The molecule has 0 bridgehead atoms. The Morgan fingerprint density at radius 2 is 1.78 bits per heavy atom. The van der Waals surface area contributed by atoms with E-state index in [0.29, 0.717) is 42.6 Å². The molecule has 2 saturated heterocycles. The molecule has 0 unspecified atom stereocenters. The third kappa shape index (κ3) is 10.2. The second-order valence-electron chi connectivity index (χ2n) is 12.9. The van der Waals surface area contributed by atoms with E-state index in [0.717, 1.165) is 51.1 Å². The number of nitrogens with zero attached hydrogens (tertiary/aromatic N) is 4. The monoisotopic (exact) mass is 667 g/mol. The normalized spacial score (nSPS) is 19.3. The third-order valence-electron chi connectivity index (χ3n) is 9.09. The topological polar surface area (TPSA) is 172 Å². The molecular formula is C32H47ClFN5O7. The quantitative estimate of drug-likeness (QED) is 0.134. The lowest BCUT2D eigenvalue weighted by Gasteiger charge is -2.39. The second kappa shape index (κ2) is 17.0. The molecule has 1 aromatic heterocycles. The molecule has 2 fully saturated rings. The van der Waals surface area contributed by atoms with Crippen molar-refractivity contribution in [2.45, 2.75) is 69.9 Å². The van der Waals surface area contributed by atoms with Gasteiger partial charge in [0.25, 0.3) is 0 Å². The van der Waals surface area contributed by atoms with Gasteiger partial charge in [-0.05, 0) is 49.1 Å². The van der Waals surface area contributed by atoms with Crippen molar-refractivity contribution in [3.63, 3.8) is 0 Å². The first kappa shape index (κ1) is 36.2. The zero-order chi connectivity index (χ0) is 33.3. The molecule has 46 heavy (non-hydrogen) atoms. The Kier molecular flexibility index (Phi) is 13.3. The predicted octanol–water partition coefficient (Wildman–Crippen LogP) is 1.15. The zero-order valence-corrected chi connectivity index (χ0v) is 27.0. The maximum Gasteiger partial charge on any atom is 0.227 e. The van der Waals surface area contributed by atoms with Gasteiger partial charge in [0.15, 0.2) is 0 Å². The molecule has 0 aliphatic carbocycles. The molecule has 14 heteroatoms. The van der Waals surface area contributed by atoms with E-state index < -0.39 is 36.8 Å². The molecule has 12 nitrogen and oxygen atoms in total. The van der Waals surface area contributed by atoms with Crippen molar-refractivity contribution in [3.8, 4) is 5.75 Å². The van der Waals surface area contributed by atoms with Crippen LogP contribution in [0.4, 0.5) is 10.3 Å². The average molecular weight is 668 g/mol. The Balaban J connectivity index is 1.08. The molecule has 6 N–H and O–H groups in total. The molecule has 2 aliphatic rings. The molecule has 4 atom stereocenters. The fourth-order valence-electron chi connectivity index (χ4n) is 5.87. The molecule has 0 radical (unpaired) electrons. The molecule has 0 saturated carbocycles. The summed E-state index contributed by atoms with van der Waals surface area (Å²) in [5, 5.41) is 51.3. The van der Waals surface area contributed by atoms with Gasteiger partial charge in [0.1, 0.15) is 29.9 Å². The number of rotatable bonds is 17. The number of ether oxygens (including phenoxy) is 1. The van der Waals surface area contributed by atoms with Crippen molar-refractivity contribution in [2.75, 3.05) is 57.4 Å². The van der Waals surface area contributed by atoms with Gasteiger partial charge in [0, 0.05) is 51.3 Å². The van der Waals surface area contributed by atoms with E-state index in [9.17, 15) is 29.6 Å². The van der Waals surface area contributed by atoms with Crippen molar-refractivity contribution >= 4 is 23.5 Å².